The normalized spacial score (nSPS) is 24.4. The minimum atomic E-state index is -0.578. The molecule has 0 bridgehead atoms. The Morgan fingerprint density at radius 2 is 1.92 bits per heavy atom. The lowest BCUT2D eigenvalue weighted by Gasteiger charge is -2.45. The van der Waals surface area contributed by atoms with E-state index in [0.29, 0.717) is 66.0 Å². The molecule has 1 aromatic heterocycles. The van der Waals surface area contributed by atoms with Crippen LogP contribution in [-0.4, -0.2) is 95.7 Å². The fourth-order valence-corrected chi connectivity index (χ4v) is 6.07. The summed E-state index contributed by atoms with van der Waals surface area (Å²) in [5, 5.41) is 1.24. The fourth-order valence-electron chi connectivity index (χ4n) is 5.46. The molecule has 0 unspecified atom stereocenters. The van der Waals surface area contributed by atoms with Gasteiger partial charge in [0, 0.05) is 50.2 Å². The number of carbonyl (C=O) groups excluding carboxylic acids is 1. The highest BCUT2D eigenvalue weighted by atomic mass is 79.9. The summed E-state index contributed by atoms with van der Waals surface area (Å²) in [6, 6.07) is 1.40. The zero-order chi connectivity index (χ0) is 27.4. The molecule has 5 rings (SSSR count). The van der Waals surface area contributed by atoms with Crippen LogP contribution in [0, 0.1) is 0 Å². The van der Waals surface area contributed by atoms with E-state index in [1.165, 1.54) is 0 Å². The van der Waals surface area contributed by atoms with Crippen LogP contribution in [0.4, 0.5) is 10.6 Å². The Balaban J connectivity index is 1.53. The number of piperazine rings is 1. The third-order valence-electron chi connectivity index (χ3n) is 7.28. The Labute approximate surface area is 235 Å². The van der Waals surface area contributed by atoms with Gasteiger partial charge in [-0.3, -0.25) is 9.47 Å². The third-order valence-corrected chi connectivity index (χ3v) is 8.60. The number of halogens is 2. The lowest BCUT2D eigenvalue weighted by molar-refractivity contribution is 0.0130. The van der Waals surface area contributed by atoms with Crippen LogP contribution >= 0.6 is 27.5 Å². The SMILES string of the molecule is C[C@H]1CN(c2nc(=O)n3c4c(c(Br)c(Cl)cc24)OC[C@H]3CN2CCOCC2)[C@@H](C)CN1C(=O)OC(C)(C)C. The summed E-state index contributed by atoms with van der Waals surface area (Å²) in [6.07, 6.45) is -0.340. The molecular weight excluding hydrogens is 578 g/mol. The standard InChI is InChI=1S/C26H35BrClN5O5/c1-15-12-32(25(35)38-26(3,4)5)16(2)11-31(15)23-18-10-19(28)20(27)22-21(18)33(24(34)29-23)17(14-37-22)13-30-6-8-36-9-7-30/h10,15-17H,6-9,11-14H2,1-5H3/t15-,16-,17+/m0/s1. The van der Waals surface area contributed by atoms with E-state index in [9.17, 15) is 9.59 Å². The summed E-state index contributed by atoms with van der Waals surface area (Å²) < 4.78 is 19.7. The minimum absolute atomic E-state index is 0.108. The van der Waals surface area contributed by atoms with E-state index in [-0.39, 0.29) is 29.9 Å². The first-order chi connectivity index (χ1) is 17.9. The Morgan fingerprint density at radius 3 is 2.61 bits per heavy atom. The van der Waals surface area contributed by atoms with Crippen LogP contribution in [0.2, 0.25) is 5.02 Å². The molecular formula is C26H35BrClN5O5. The van der Waals surface area contributed by atoms with Crippen LogP contribution in [0.15, 0.2) is 15.3 Å². The van der Waals surface area contributed by atoms with Gasteiger partial charge in [-0.05, 0) is 56.6 Å². The second-order valence-corrected chi connectivity index (χ2v) is 12.5. The van der Waals surface area contributed by atoms with Gasteiger partial charge in [-0.25, -0.2) is 9.59 Å². The summed E-state index contributed by atoms with van der Waals surface area (Å²) in [7, 11) is 0. The molecule has 208 valence electrons. The largest absolute Gasteiger partial charge is 0.488 e. The number of aromatic nitrogens is 2. The van der Waals surface area contributed by atoms with Crippen LogP contribution in [-0.2, 0) is 9.47 Å². The molecule has 10 nitrogen and oxygen atoms in total. The van der Waals surface area contributed by atoms with Gasteiger partial charge in [0.05, 0.1) is 28.8 Å². The number of rotatable bonds is 3. The second kappa shape index (κ2) is 10.5. The Kier molecular flexibility index (Phi) is 7.58. The van der Waals surface area contributed by atoms with Crippen LogP contribution in [0.25, 0.3) is 10.9 Å². The number of carbonyl (C=O) groups is 1. The summed E-state index contributed by atoms with van der Waals surface area (Å²) in [4.78, 5) is 37.3. The van der Waals surface area contributed by atoms with Crippen molar-refractivity contribution in [3.8, 4) is 5.75 Å². The van der Waals surface area contributed by atoms with E-state index in [1.54, 1.807) is 9.47 Å². The van der Waals surface area contributed by atoms with Crippen molar-refractivity contribution < 1.29 is 19.0 Å². The van der Waals surface area contributed by atoms with Crippen molar-refractivity contribution in [2.75, 3.05) is 57.4 Å². The highest BCUT2D eigenvalue weighted by Gasteiger charge is 2.38. The third kappa shape index (κ3) is 5.22. The second-order valence-electron chi connectivity index (χ2n) is 11.3. The number of morpholine rings is 1. The van der Waals surface area contributed by atoms with Crippen LogP contribution in [0.3, 0.4) is 0 Å². The van der Waals surface area contributed by atoms with Gasteiger partial charge in [-0.2, -0.15) is 4.98 Å². The molecule has 0 N–H and O–H groups in total. The molecule has 0 spiro atoms. The van der Waals surface area contributed by atoms with Crippen molar-refractivity contribution in [2.24, 2.45) is 0 Å². The van der Waals surface area contributed by atoms with Crippen LogP contribution < -0.4 is 15.3 Å². The zero-order valence-electron chi connectivity index (χ0n) is 22.5. The van der Waals surface area contributed by atoms with Gasteiger partial charge in [0.15, 0.2) is 5.75 Å². The lowest BCUT2D eigenvalue weighted by atomic mass is 10.1. The molecule has 0 radical (unpaired) electrons. The Bertz CT molecular complexity index is 1290. The average molecular weight is 613 g/mol. The predicted molar refractivity (Wildman–Crippen MR) is 150 cm³/mol. The van der Waals surface area contributed by atoms with Gasteiger partial charge in [-0.15, -0.1) is 0 Å². The van der Waals surface area contributed by atoms with Gasteiger partial charge in [0.2, 0.25) is 0 Å². The van der Waals surface area contributed by atoms with Gasteiger partial charge in [-0.1, -0.05) is 11.6 Å². The first kappa shape index (κ1) is 27.5. The van der Waals surface area contributed by atoms with Gasteiger partial charge < -0.3 is 24.0 Å². The minimum Gasteiger partial charge on any atom is -0.488 e. The van der Waals surface area contributed by atoms with Crippen molar-refractivity contribution in [2.45, 2.75) is 58.3 Å². The predicted octanol–water partition coefficient (Wildman–Crippen LogP) is 3.91. The van der Waals surface area contributed by atoms with Crippen molar-refractivity contribution in [1.82, 2.24) is 19.4 Å². The van der Waals surface area contributed by atoms with Crippen molar-refractivity contribution in [3.05, 3.63) is 26.0 Å². The van der Waals surface area contributed by atoms with E-state index >= 15 is 0 Å². The Morgan fingerprint density at radius 1 is 1.21 bits per heavy atom. The van der Waals surface area contributed by atoms with E-state index in [1.807, 2.05) is 40.7 Å². The lowest BCUT2D eigenvalue weighted by Crippen LogP contribution is -2.59. The molecule has 12 heteroatoms. The molecule has 1 aromatic carbocycles. The van der Waals surface area contributed by atoms with E-state index < -0.39 is 5.60 Å². The van der Waals surface area contributed by atoms with E-state index in [4.69, 9.17) is 25.8 Å². The zero-order valence-corrected chi connectivity index (χ0v) is 24.8. The highest BCUT2D eigenvalue weighted by molar-refractivity contribution is 9.10. The molecule has 3 atom stereocenters. The number of amides is 1. The quantitative estimate of drug-likeness (QED) is 0.516. The fraction of sp³-hybridized carbons (Fsp3) is 0.654. The number of nitrogens with zero attached hydrogens (tertiary/aromatic N) is 5. The van der Waals surface area contributed by atoms with Crippen molar-refractivity contribution in [1.29, 1.82) is 0 Å². The molecule has 2 aromatic rings. The van der Waals surface area contributed by atoms with Crippen molar-refractivity contribution in [3.63, 3.8) is 0 Å². The summed E-state index contributed by atoms with van der Waals surface area (Å²) in [6.45, 7) is 14.5. The number of benzene rings is 1. The van der Waals surface area contributed by atoms with Crippen molar-refractivity contribution >= 4 is 50.3 Å². The summed E-state index contributed by atoms with van der Waals surface area (Å²) in [5.41, 5.74) is -0.208. The smallest absolute Gasteiger partial charge is 0.410 e. The maximum Gasteiger partial charge on any atom is 0.410 e. The average Bonchev–Trinajstić information content (AvgIpc) is 2.85. The number of hydrogen-bond acceptors (Lipinski definition) is 8. The molecule has 38 heavy (non-hydrogen) atoms. The maximum absolute atomic E-state index is 13.7. The molecule has 0 aliphatic carbocycles. The van der Waals surface area contributed by atoms with E-state index in [0.717, 1.165) is 18.5 Å². The molecule has 0 saturated carbocycles. The van der Waals surface area contributed by atoms with Crippen LogP contribution in [0.1, 0.15) is 40.7 Å². The molecule has 2 saturated heterocycles. The monoisotopic (exact) mass is 611 g/mol. The van der Waals surface area contributed by atoms with Gasteiger partial charge >= 0.3 is 11.8 Å². The Hall–Kier alpha value is -2.08. The molecule has 4 heterocycles. The first-order valence-corrected chi connectivity index (χ1v) is 14.2. The first-order valence-electron chi connectivity index (χ1n) is 13.1. The van der Waals surface area contributed by atoms with Gasteiger partial charge in [0.1, 0.15) is 23.5 Å². The van der Waals surface area contributed by atoms with E-state index in [2.05, 4.69) is 30.7 Å². The summed E-state index contributed by atoms with van der Waals surface area (Å²) in [5.74, 6) is 1.11. The topological polar surface area (TPSA) is 89.4 Å². The summed E-state index contributed by atoms with van der Waals surface area (Å²) >= 11 is 10.2. The highest BCUT2D eigenvalue weighted by Crippen LogP contribution is 2.44. The number of ether oxygens (including phenoxy) is 3. The maximum atomic E-state index is 13.7. The number of hydrogen-bond donors (Lipinski definition) is 0. The van der Waals surface area contributed by atoms with Gasteiger partial charge in [0.25, 0.3) is 0 Å². The molecule has 2 fully saturated rings. The molecule has 3 aliphatic heterocycles. The van der Waals surface area contributed by atoms with Crippen LogP contribution in [0.5, 0.6) is 5.75 Å². The molecule has 1 amide bonds. The molecule has 3 aliphatic rings. The number of anilines is 1.